The zero-order chi connectivity index (χ0) is 19.3. The van der Waals surface area contributed by atoms with E-state index in [4.69, 9.17) is 11.6 Å². The molecule has 26 heavy (non-hydrogen) atoms. The van der Waals surface area contributed by atoms with Gasteiger partial charge in [0.25, 0.3) is 0 Å². The number of imidazole rings is 1. The van der Waals surface area contributed by atoms with Crippen LogP contribution in [0.1, 0.15) is 31.5 Å². The largest absolute Gasteiger partial charge is 0.479 e. The number of nitrogens with zero attached hydrogens (tertiary/aromatic N) is 2. The highest BCUT2D eigenvalue weighted by Gasteiger charge is 2.47. The van der Waals surface area contributed by atoms with Crippen molar-refractivity contribution in [2.45, 2.75) is 37.4 Å². The molecule has 0 bridgehead atoms. The first-order chi connectivity index (χ1) is 12.3. The first-order valence-corrected chi connectivity index (χ1v) is 9.59. The Hall–Kier alpha value is -1.99. The Kier molecular flexibility index (Phi) is 6.72. The van der Waals surface area contributed by atoms with Crippen LogP contribution < -0.4 is 0 Å². The van der Waals surface area contributed by atoms with Gasteiger partial charge in [0, 0.05) is 42.9 Å². The smallest absolute Gasteiger partial charge is 0.334 e. The molecule has 0 aliphatic heterocycles. The summed E-state index contributed by atoms with van der Waals surface area (Å²) in [5.74, 6) is -0.618. The van der Waals surface area contributed by atoms with E-state index in [0.29, 0.717) is 16.3 Å². The molecule has 0 fully saturated rings. The second-order valence-electron chi connectivity index (χ2n) is 5.95. The van der Waals surface area contributed by atoms with Gasteiger partial charge in [-0.15, -0.1) is 0 Å². The average Bonchev–Trinajstić information content (AvgIpc) is 3.05. The fraction of sp³-hybridized carbons (Fsp3) is 0.389. The minimum absolute atomic E-state index is 0.00529. The lowest BCUT2D eigenvalue weighted by molar-refractivity contribution is -0.158. The zero-order valence-corrected chi connectivity index (χ0v) is 16.5. The van der Waals surface area contributed by atoms with Crippen molar-refractivity contribution in [3.05, 3.63) is 46.7 Å². The summed E-state index contributed by atoms with van der Waals surface area (Å²) in [6, 6.07) is 6.69. The summed E-state index contributed by atoms with van der Waals surface area (Å²) in [6.07, 6.45) is 2.69. The Morgan fingerprint density at radius 3 is 2.65 bits per heavy atom. The number of aliphatic carboxylic acids is 1. The quantitative estimate of drug-likeness (QED) is 0.667. The Balaban J connectivity index is 2.53. The number of aromatic amines is 1. The third-order valence-corrected chi connectivity index (χ3v) is 5.63. The number of H-pyrrole nitrogens is 1. The Labute approximate surface area is 162 Å². The molecule has 1 atom stereocenters. The number of hydrogen-bond donors (Lipinski definition) is 2. The molecule has 1 heterocycles. The number of halogens is 1. The van der Waals surface area contributed by atoms with Crippen LogP contribution in [0.5, 0.6) is 0 Å². The van der Waals surface area contributed by atoms with Crippen molar-refractivity contribution < 1.29 is 14.7 Å². The van der Waals surface area contributed by atoms with Crippen molar-refractivity contribution >= 4 is 35.2 Å². The number of carbonyl (C=O) groups is 2. The van der Waals surface area contributed by atoms with Gasteiger partial charge >= 0.3 is 5.97 Å². The minimum Gasteiger partial charge on any atom is -0.479 e. The topological polar surface area (TPSA) is 86.3 Å². The molecule has 0 radical (unpaired) electrons. The molecule has 0 saturated heterocycles. The molecule has 2 N–H and O–H groups in total. The molecule has 2 aromatic rings. The Morgan fingerprint density at radius 1 is 1.38 bits per heavy atom. The monoisotopic (exact) mass is 395 g/mol. The SMILES string of the molecule is CCCSc1nc(C[C@@](C(=O)O)(c2ccccc2Cl)N(C)C(C)=O)c[nH]1. The molecule has 1 amide bonds. The van der Waals surface area contributed by atoms with Crippen molar-refractivity contribution in [2.75, 3.05) is 12.8 Å². The molecule has 0 aliphatic carbocycles. The van der Waals surface area contributed by atoms with Crippen LogP contribution in [0.25, 0.3) is 0 Å². The van der Waals surface area contributed by atoms with Crippen molar-refractivity contribution in [1.29, 1.82) is 0 Å². The number of thioether (sulfide) groups is 1. The molecule has 0 spiro atoms. The number of carbonyl (C=O) groups excluding carboxylic acids is 1. The minimum atomic E-state index is -1.65. The number of nitrogens with one attached hydrogen (secondary N) is 1. The maximum absolute atomic E-state index is 12.4. The molecule has 0 saturated carbocycles. The van der Waals surface area contributed by atoms with Crippen molar-refractivity contribution in [1.82, 2.24) is 14.9 Å². The van der Waals surface area contributed by atoms with Crippen LogP contribution in [0.15, 0.2) is 35.6 Å². The van der Waals surface area contributed by atoms with Crippen LogP contribution in [0.3, 0.4) is 0 Å². The van der Waals surface area contributed by atoms with E-state index in [9.17, 15) is 14.7 Å². The molecule has 8 heteroatoms. The molecular formula is C18H22ClN3O3S. The molecule has 2 rings (SSSR count). The molecule has 140 valence electrons. The second kappa shape index (κ2) is 8.60. The number of carboxylic acids is 1. The van der Waals surface area contributed by atoms with Gasteiger partial charge in [-0.2, -0.15) is 0 Å². The maximum Gasteiger partial charge on any atom is 0.334 e. The van der Waals surface area contributed by atoms with E-state index in [1.165, 1.54) is 18.9 Å². The highest BCUT2D eigenvalue weighted by atomic mass is 35.5. The Morgan fingerprint density at radius 2 is 2.08 bits per heavy atom. The van der Waals surface area contributed by atoms with Crippen molar-refractivity contribution in [2.24, 2.45) is 0 Å². The van der Waals surface area contributed by atoms with Crippen LogP contribution >= 0.6 is 23.4 Å². The number of amides is 1. The van der Waals surface area contributed by atoms with Gasteiger partial charge in [-0.05, 0) is 12.5 Å². The van der Waals surface area contributed by atoms with Gasteiger partial charge in [-0.1, -0.05) is 48.5 Å². The summed E-state index contributed by atoms with van der Waals surface area (Å²) in [5, 5.41) is 11.2. The predicted molar refractivity (Wildman–Crippen MR) is 103 cm³/mol. The number of likely N-dealkylation sites (N-methyl/N-ethyl adjacent to an activating group) is 1. The van der Waals surface area contributed by atoms with Crippen molar-refractivity contribution in [3.8, 4) is 0 Å². The summed E-state index contributed by atoms with van der Waals surface area (Å²) < 4.78 is 0. The maximum atomic E-state index is 12.4. The third-order valence-electron chi connectivity index (χ3n) is 4.21. The summed E-state index contributed by atoms with van der Waals surface area (Å²) >= 11 is 7.88. The van der Waals surface area contributed by atoms with E-state index in [1.807, 2.05) is 0 Å². The van der Waals surface area contributed by atoms with Crippen LogP contribution in [-0.4, -0.2) is 44.7 Å². The van der Waals surface area contributed by atoms with Gasteiger partial charge < -0.3 is 15.0 Å². The lowest BCUT2D eigenvalue weighted by Gasteiger charge is -2.38. The third kappa shape index (κ3) is 4.04. The second-order valence-corrected chi connectivity index (χ2v) is 7.44. The standard InChI is InChI=1S/C18H22ClN3O3S/c1-4-9-26-17-20-11-13(21-17)10-18(16(24)25,22(3)12(2)23)14-7-5-6-8-15(14)19/h5-8,11H,4,9-10H2,1-3H3,(H,20,21)(H,24,25)/t18-/m0/s1. The number of carboxylic acid groups (broad SMARTS) is 1. The molecule has 1 aromatic heterocycles. The number of aromatic nitrogens is 2. The van der Waals surface area contributed by atoms with Crippen LogP contribution in [0.2, 0.25) is 5.02 Å². The van der Waals surface area contributed by atoms with Crippen LogP contribution in [0.4, 0.5) is 0 Å². The van der Waals surface area contributed by atoms with Gasteiger partial charge in [-0.25, -0.2) is 9.78 Å². The van der Waals surface area contributed by atoms with E-state index in [0.717, 1.165) is 17.3 Å². The summed E-state index contributed by atoms with van der Waals surface area (Å²) in [6.45, 7) is 3.41. The van der Waals surface area contributed by atoms with E-state index in [-0.39, 0.29) is 12.3 Å². The number of rotatable bonds is 8. The number of hydrogen-bond acceptors (Lipinski definition) is 4. The van der Waals surface area contributed by atoms with Gasteiger partial charge in [0.2, 0.25) is 5.91 Å². The van der Waals surface area contributed by atoms with Gasteiger partial charge in [-0.3, -0.25) is 4.79 Å². The van der Waals surface area contributed by atoms with E-state index in [2.05, 4.69) is 16.9 Å². The highest BCUT2D eigenvalue weighted by molar-refractivity contribution is 7.99. The molecule has 0 unspecified atom stereocenters. The summed E-state index contributed by atoms with van der Waals surface area (Å²) in [4.78, 5) is 33.3. The molecule has 6 nitrogen and oxygen atoms in total. The lowest BCUT2D eigenvalue weighted by atomic mass is 9.83. The van der Waals surface area contributed by atoms with Crippen LogP contribution in [-0.2, 0) is 21.5 Å². The van der Waals surface area contributed by atoms with E-state index >= 15 is 0 Å². The molecule has 1 aromatic carbocycles. The molecule has 0 aliphatic rings. The molecular weight excluding hydrogens is 374 g/mol. The fourth-order valence-corrected chi connectivity index (χ4v) is 3.77. The van der Waals surface area contributed by atoms with E-state index in [1.54, 1.807) is 42.2 Å². The van der Waals surface area contributed by atoms with Gasteiger partial charge in [0.15, 0.2) is 10.7 Å². The first kappa shape index (κ1) is 20.3. The van der Waals surface area contributed by atoms with Crippen LogP contribution in [0, 0.1) is 0 Å². The predicted octanol–water partition coefficient (Wildman–Crippen LogP) is 3.57. The highest BCUT2D eigenvalue weighted by Crippen LogP contribution is 2.36. The van der Waals surface area contributed by atoms with Crippen molar-refractivity contribution in [3.63, 3.8) is 0 Å². The first-order valence-electron chi connectivity index (χ1n) is 8.22. The van der Waals surface area contributed by atoms with E-state index < -0.39 is 11.5 Å². The van der Waals surface area contributed by atoms with Gasteiger partial charge in [0.1, 0.15) is 0 Å². The lowest BCUT2D eigenvalue weighted by Crippen LogP contribution is -2.54. The normalized spacial score (nSPS) is 13.2. The summed E-state index contributed by atoms with van der Waals surface area (Å²) in [7, 11) is 1.47. The fourth-order valence-electron chi connectivity index (χ4n) is 2.76. The number of benzene rings is 1. The zero-order valence-electron chi connectivity index (χ0n) is 15.0. The average molecular weight is 396 g/mol. The van der Waals surface area contributed by atoms with Gasteiger partial charge in [0.05, 0.1) is 5.69 Å². The summed E-state index contributed by atoms with van der Waals surface area (Å²) in [5.41, 5.74) is -0.733. The Bertz CT molecular complexity index is 795.